The Labute approximate surface area is 118 Å². The Bertz CT molecular complexity index is 577. The SMILES string of the molecule is C=CN(Cc1ccc2c(c1)OCO2)C1=CC(=O)CCC1. The number of hydrogen-bond donors (Lipinski definition) is 0. The zero-order valence-electron chi connectivity index (χ0n) is 11.3. The summed E-state index contributed by atoms with van der Waals surface area (Å²) in [6, 6.07) is 5.90. The first-order valence-corrected chi connectivity index (χ1v) is 6.77. The highest BCUT2D eigenvalue weighted by Gasteiger charge is 2.17. The highest BCUT2D eigenvalue weighted by atomic mass is 16.7. The van der Waals surface area contributed by atoms with E-state index in [1.807, 2.05) is 23.1 Å². The molecule has 1 aromatic carbocycles. The van der Waals surface area contributed by atoms with Crippen molar-refractivity contribution in [2.75, 3.05) is 6.79 Å². The first-order chi connectivity index (χ1) is 9.76. The van der Waals surface area contributed by atoms with E-state index >= 15 is 0 Å². The van der Waals surface area contributed by atoms with Crippen LogP contribution in [0.4, 0.5) is 0 Å². The van der Waals surface area contributed by atoms with Crippen LogP contribution in [0.5, 0.6) is 11.5 Å². The Balaban J connectivity index is 1.78. The topological polar surface area (TPSA) is 38.8 Å². The lowest BCUT2D eigenvalue weighted by Crippen LogP contribution is -2.19. The van der Waals surface area contributed by atoms with Crippen LogP contribution in [0, 0.1) is 0 Å². The van der Waals surface area contributed by atoms with Crippen LogP contribution in [-0.4, -0.2) is 17.5 Å². The van der Waals surface area contributed by atoms with E-state index in [0.717, 1.165) is 35.6 Å². The van der Waals surface area contributed by atoms with Crippen molar-refractivity contribution in [3.05, 3.63) is 48.3 Å². The second kappa shape index (κ2) is 5.41. The third-order valence-electron chi connectivity index (χ3n) is 3.56. The van der Waals surface area contributed by atoms with Gasteiger partial charge in [0.1, 0.15) is 0 Å². The average molecular weight is 271 g/mol. The van der Waals surface area contributed by atoms with Crippen molar-refractivity contribution in [1.29, 1.82) is 0 Å². The number of benzene rings is 1. The molecule has 4 heteroatoms. The van der Waals surface area contributed by atoms with E-state index in [9.17, 15) is 4.79 Å². The van der Waals surface area contributed by atoms with Crippen LogP contribution in [0.1, 0.15) is 24.8 Å². The lowest BCUT2D eigenvalue weighted by atomic mass is 10.0. The molecule has 0 aromatic heterocycles. The van der Waals surface area contributed by atoms with Gasteiger partial charge >= 0.3 is 0 Å². The monoisotopic (exact) mass is 271 g/mol. The molecule has 0 fully saturated rings. The summed E-state index contributed by atoms with van der Waals surface area (Å²) < 4.78 is 10.7. The minimum Gasteiger partial charge on any atom is -0.454 e. The van der Waals surface area contributed by atoms with Gasteiger partial charge in [-0.05, 0) is 36.7 Å². The van der Waals surface area contributed by atoms with E-state index in [-0.39, 0.29) is 12.6 Å². The molecule has 0 N–H and O–H groups in total. The molecule has 0 spiro atoms. The van der Waals surface area contributed by atoms with Crippen molar-refractivity contribution >= 4 is 5.78 Å². The summed E-state index contributed by atoms with van der Waals surface area (Å²) in [4.78, 5) is 13.5. The summed E-state index contributed by atoms with van der Waals surface area (Å²) >= 11 is 0. The van der Waals surface area contributed by atoms with E-state index < -0.39 is 0 Å². The lowest BCUT2D eigenvalue weighted by molar-refractivity contribution is -0.115. The number of hydrogen-bond acceptors (Lipinski definition) is 4. The number of fused-ring (bicyclic) bond motifs is 1. The van der Waals surface area contributed by atoms with Crippen LogP contribution >= 0.6 is 0 Å². The molecule has 104 valence electrons. The first-order valence-electron chi connectivity index (χ1n) is 6.77. The Morgan fingerprint density at radius 2 is 2.10 bits per heavy atom. The first kappa shape index (κ1) is 12.8. The van der Waals surface area contributed by atoms with E-state index in [1.165, 1.54) is 0 Å². The third kappa shape index (κ3) is 2.54. The van der Waals surface area contributed by atoms with Crippen molar-refractivity contribution in [2.24, 2.45) is 0 Å². The van der Waals surface area contributed by atoms with Gasteiger partial charge in [0, 0.05) is 24.7 Å². The molecule has 20 heavy (non-hydrogen) atoms. The molecule has 0 radical (unpaired) electrons. The number of nitrogens with zero attached hydrogens (tertiary/aromatic N) is 1. The number of allylic oxidation sites excluding steroid dienone is 2. The fourth-order valence-electron chi connectivity index (χ4n) is 2.52. The molecule has 0 atom stereocenters. The Morgan fingerprint density at radius 3 is 2.90 bits per heavy atom. The Kier molecular flexibility index (Phi) is 3.46. The fraction of sp³-hybridized carbons (Fsp3) is 0.312. The van der Waals surface area contributed by atoms with E-state index in [1.54, 1.807) is 12.3 Å². The van der Waals surface area contributed by atoms with Crippen molar-refractivity contribution in [3.8, 4) is 11.5 Å². The molecule has 1 aromatic rings. The molecule has 0 bridgehead atoms. The summed E-state index contributed by atoms with van der Waals surface area (Å²) in [5.41, 5.74) is 2.14. The van der Waals surface area contributed by atoms with Crippen LogP contribution in [0.2, 0.25) is 0 Å². The smallest absolute Gasteiger partial charge is 0.231 e. The molecule has 1 heterocycles. The van der Waals surface area contributed by atoms with Crippen molar-refractivity contribution in [3.63, 3.8) is 0 Å². The van der Waals surface area contributed by atoms with Gasteiger partial charge in [0.2, 0.25) is 6.79 Å². The van der Waals surface area contributed by atoms with E-state index in [0.29, 0.717) is 13.0 Å². The summed E-state index contributed by atoms with van der Waals surface area (Å²) in [5.74, 6) is 1.76. The Morgan fingerprint density at radius 1 is 1.25 bits per heavy atom. The van der Waals surface area contributed by atoms with Gasteiger partial charge in [-0.3, -0.25) is 4.79 Å². The van der Waals surface area contributed by atoms with Gasteiger partial charge in [-0.2, -0.15) is 0 Å². The zero-order valence-corrected chi connectivity index (χ0v) is 11.3. The number of ketones is 1. The second-order valence-electron chi connectivity index (χ2n) is 4.95. The number of carbonyl (C=O) groups is 1. The minimum absolute atomic E-state index is 0.198. The lowest BCUT2D eigenvalue weighted by Gasteiger charge is -2.25. The van der Waals surface area contributed by atoms with E-state index in [4.69, 9.17) is 9.47 Å². The van der Waals surface area contributed by atoms with E-state index in [2.05, 4.69) is 6.58 Å². The van der Waals surface area contributed by atoms with Gasteiger partial charge in [0.25, 0.3) is 0 Å². The largest absolute Gasteiger partial charge is 0.454 e. The highest BCUT2D eigenvalue weighted by molar-refractivity contribution is 5.91. The molecule has 0 unspecified atom stereocenters. The number of carbonyl (C=O) groups excluding carboxylic acids is 1. The van der Waals surface area contributed by atoms with Crippen LogP contribution in [0.3, 0.4) is 0 Å². The third-order valence-corrected chi connectivity index (χ3v) is 3.56. The van der Waals surface area contributed by atoms with Crippen LogP contribution in [-0.2, 0) is 11.3 Å². The summed E-state index contributed by atoms with van der Waals surface area (Å²) in [6.45, 7) is 4.81. The van der Waals surface area contributed by atoms with Gasteiger partial charge in [0.15, 0.2) is 17.3 Å². The molecule has 0 saturated heterocycles. The molecular weight excluding hydrogens is 254 g/mol. The molecule has 1 aliphatic heterocycles. The van der Waals surface area contributed by atoms with Crippen molar-refractivity contribution in [2.45, 2.75) is 25.8 Å². The van der Waals surface area contributed by atoms with Gasteiger partial charge in [-0.15, -0.1) is 0 Å². The summed E-state index contributed by atoms with van der Waals surface area (Å²) in [6.07, 6.45) is 5.99. The van der Waals surface area contributed by atoms with Crippen molar-refractivity contribution in [1.82, 2.24) is 4.90 Å². The number of rotatable bonds is 4. The normalized spacial score (nSPS) is 16.8. The maximum absolute atomic E-state index is 11.5. The fourth-order valence-corrected chi connectivity index (χ4v) is 2.52. The Hall–Kier alpha value is -2.23. The minimum atomic E-state index is 0.198. The molecule has 3 rings (SSSR count). The van der Waals surface area contributed by atoms with Gasteiger partial charge in [-0.25, -0.2) is 0 Å². The predicted molar refractivity (Wildman–Crippen MR) is 75.2 cm³/mol. The maximum atomic E-state index is 11.5. The quantitative estimate of drug-likeness (QED) is 0.844. The predicted octanol–water partition coefficient (Wildman–Crippen LogP) is 3.00. The standard InChI is InChI=1S/C16H17NO3/c1-2-17(13-4-3-5-14(18)9-13)10-12-6-7-15-16(8-12)20-11-19-15/h2,6-9H,1,3-5,10-11H2. The van der Waals surface area contributed by atoms with Crippen molar-refractivity contribution < 1.29 is 14.3 Å². The summed E-state index contributed by atoms with van der Waals surface area (Å²) in [5, 5.41) is 0. The van der Waals surface area contributed by atoms with Gasteiger partial charge < -0.3 is 14.4 Å². The summed E-state index contributed by atoms with van der Waals surface area (Å²) in [7, 11) is 0. The molecular formula is C16H17NO3. The second-order valence-corrected chi connectivity index (χ2v) is 4.95. The molecule has 0 amide bonds. The van der Waals surface area contributed by atoms with Crippen LogP contribution in [0.15, 0.2) is 42.8 Å². The molecule has 2 aliphatic rings. The average Bonchev–Trinajstić information content (AvgIpc) is 2.92. The molecule has 1 aliphatic carbocycles. The molecule has 4 nitrogen and oxygen atoms in total. The maximum Gasteiger partial charge on any atom is 0.231 e. The molecule has 0 saturated carbocycles. The van der Waals surface area contributed by atoms with Crippen LogP contribution < -0.4 is 9.47 Å². The van der Waals surface area contributed by atoms with Gasteiger partial charge in [0.05, 0.1) is 0 Å². The van der Waals surface area contributed by atoms with Gasteiger partial charge in [-0.1, -0.05) is 12.6 Å². The van der Waals surface area contributed by atoms with Crippen LogP contribution in [0.25, 0.3) is 0 Å². The number of ether oxygens (including phenoxy) is 2. The zero-order chi connectivity index (χ0) is 13.9. The highest BCUT2D eigenvalue weighted by Crippen LogP contribution is 2.33.